The quantitative estimate of drug-likeness (QED) is 0.0307. The standard InChI is InChI=1S/C35H67O8P/c1-3-5-7-9-11-13-15-16-17-18-20-22-24-26-28-30-35(37)43-33(32-42-44(38,39)40)31-41-34(36)29-27-25-23-21-19-14-12-10-8-6-4-2/h3,33H,1,4-32H2,2H3,(H2,38,39,40)/t33-/m1/s1. The van der Waals surface area contributed by atoms with Crippen LogP contribution in [0, 0.1) is 0 Å². The molecule has 2 N–H and O–H groups in total. The molecule has 0 saturated heterocycles. The van der Waals surface area contributed by atoms with E-state index >= 15 is 0 Å². The number of allylic oxidation sites excluding steroid dienone is 1. The Balaban J connectivity index is 3.93. The van der Waals surface area contributed by atoms with Gasteiger partial charge in [-0.15, -0.1) is 6.58 Å². The molecule has 260 valence electrons. The summed E-state index contributed by atoms with van der Waals surface area (Å²) in [6, 6.07) is 0. The number of unbranched alkanes of at least 4 members (excludes halogenated alkanes) is 23. The third kappa shape index (κ3) is 33.7. The van der Waals surface area contributed by atoms with Gasteiger partial charge >= 0.3 is 19.8 Å². The molecule has 0 bridgehead atoms. The van der Waals surface area contributed by atoms with Crippen LogP contribution in [-0.4, -0.2) is 41.0 Å². The van der Waals surface area contributed by atoms with Gasteiger partial charge in [-0.25, -0.2) is 4.57 Å². The summed E-state index contributed by atoms with van der Waals surface area (Å²) >= 11 is 0. The fourth-order valence-electron chi connectivity index (χ4n) is 5.24. The summed E-state index contributed by atoms with van der Waals surface area (Å²) in [5.41, 5.74) is 0. The molecule has 0 fully saturated rings. The van der Waals surface area contributed by atoms with Crippen LogP contribution in [0.2, 0.25) is 0 Å². The Bertz CT molecular complexity index is 724. The number of esters is 2. The van der Waals surface area contributed by atoms with Crippen molar-refractivity contribution in [2.75, 3.05) is 13.2 Å². The van der Waals surface area contributed by atoms with Crippen LogP contribution in [0.25, 0.3) is 0 Å². The molecule has 0 radical (unpaired) electrons. The lowest BCUT2D eigenvalue weighted by molar-refractivity contribution is -0.161. The van der Waals surface area contributed by atoms with Gasteiger partial charge in [0.25, 0.3) is 0 Å². The Kier molecular flexibility index (Phi) is 30.9. The van der Waals surface area contributed by atoms with Crippen molar-refractivity contribution in [2.45, 2.75) is 186 Å². The molecule has 8 nitrogen and oxygen atoms in total. The highest BCUT2D eigenvalue weighted by Gasteiger charge is 2.22. The number of ether oxygens (including phenoxy) is 2. The normalized spacial score (nSPS) is 12.2. The number of rotatable bonds is 34. The predicted molar refractivity (Wildman–Crippen MR) is 179 cm³/mol. The first-order valence-corrected chi connectivity index (χ1v) is 19.5. The maximum Gasteiger partial charge on any atom is 0.469 e. The molecule has 0 aliphatic rings. The molecular formula is C35H67O8P. The lowest BCUT2D eigenvalue weighted by Crippen LogP contribution is -2.29. The van der Waals surface area contributed by atoms with E-state index in [1.165, 1.54) is 109 Å². The van der Waals surface area contributed by atoms with E-state index in [4.69, 9.17) is 19.3 Å². The maximum absolute atomic E-state index is 12.3. The van der Waals surface area contributed by atoms with Crippen molar-refractivity contribution in [3.63, 3.8) is 0 Å². The molecule has 0 aliphatic carbocycles. The van der Waals surface area contributed by atoms with Crippen molar-refractivity contribution >= 4 is 19.8 Å². The molecule has 9 heteroatoms. The van der Waals surface area contributed by atoms with Gasteiger partial charge in [0.2, 0.25) is 0 Å². The summed E-state index contributed by atoms with van der Waals surface area (Å²) in [6.07, 6.45) is 31.1. The van der Waals surface area contributed by atoms with E-state index < -0.39 is 32.5 Å². The molecule has 0 spiro atoms. The van der Waals surface area contributed by atoms with Crippen molar-refractivity contribution in [1.29, 1.82) is 0 Å². The molecular weight excluding hydrogens is 579 g/mol. The smallest absolute Gasteiger partial charge is 0.462 e. The average Bonchev–Trinajstić information content (AvgIpc) is 2.98. The molecule has 1 atom stereocenters. The second-order valence-electron chi connectivity index (χ2n) is 12.3. The summed E-state index contributed by atoms with van der Waals surface area (Å²) < 4.78 is 26.2. The second-order valence-corrected chi connectivity index (χ2v) is 13.5. The summed E-state index contributed by atoms with van der Waals surface area (Å²) in [5, 5.41) is 0. The average molecular weight is 647 g/mol. The largest absolute Gasteiger partial charge is 0.469 e. The number of carbonyl (C=O) groups is 2. The first-order valence-electron chi connectivity index (χ1n) is 17.9. The zero-order chi connectivity index (χ0) is 32.6. The number of hydrogen-bond donors (Lipinski definition) is 2. The molecule has 0 aromatic heterocycles. The van der Waals surface area contributed by atoms with Crippen molar-refractivity contribution in [3.8, 4) is 0 Å². The zero-order valence-electron chi connectivity index (χ0n) is 28.2. The third-order valence-electron chi connectivity index (χ3n) is 7.93. The van der Waals surface area contributed by atoms with E-state index in [0.29, 0.717) is 6.42 Å². The van der Waals surface area contributed by atoms with E-state index in [1.54, 1.807) is 0 Å². The van der Waals surface area contributed by atoms with Crippen LogP contribution in [0.15, 0.2) is 12.7 Å². The Morgan fingerprint density at radius 2 is 1.00 bits per heavy atom. The van der Waals surface area contributed by atoms with Gasteiger partial charge in [0.15, 0.2) is 6.10 Å². The summed E-state index contributed by atoms with van der Waals surface area (Å²) in [7, 11) is -4.74. The number of carbonyl (C=O) groups excluding carboxylic acids is 2. The lowest BCUT2D eigenvalue weighted by atomic mass is 10.0. The van der Waals surface area contributed by atoms with Gasteiger partial charge < -0.3 is 19.3 Å². The Hall–Kier alpha value is -1.21. The van der Waals surface area contributed by atoms with Crippen LogP contribution in [0.5, 0.6) is 0 Å². The van der Waals surface area contributed by atoms with Crippen LogP contribution in [0.1, 0.15) is 180 Å². The van der Waals surface area contributed by atoms with Crippen molar-refractivity contribution < 1.29 is 37.9 Å². The van der Waals surface area contributed by atoms with Gasteiger partial charge in [0.05, 0.1) is 6.61 Å². The minimum atomic E-state index is -4.74. The molecule has 0 rings (SSSR count). The third-order valence-corrected chi connectivity index (χ3v) is 8.42. The van der Waals surface area contributed by atoms with Crippen molar-refractivity contribution in [1.82, 2.24) is 0 Å². The molecule has 0 unspecified atom stereocenters. The fourth-order valence-corrected chi connectivity index (χ4v) is 5.60. The monoisotopic (exact) mass is 646 g/mol. The summed E-state index contributed by atoms with van der Waals surface area (Å²) in [5.74, 6) is -0.882. The van der Waals surface area contributed by atoms with Gasteiger partial charge in [0.1, 0.15) is 6.61 Å². The first-order chi connectivity index (χ1) is 21.3. The second kappa shape index (κ2) is 31.8. The van der Waals surface area contributed by atoms with E-state index in [0.717, 1.165) is 44.9 Å². The Labute approximate surface area is 269 Å². The zero-order valence-corrected chi connectivity index (χ0v) is 29.1. The molecule has 0 amide bonds. The lowest BCUT2D eigenvalue weighted by Gasteiger charge is -2.18. The predicted octanol–water partition coefficient (Wildman–Crippen LogP) is 10.3. The number of hydrogen-bond acceptors (Lipinski definition) is 6. The molecule has 44 heavy (non-hydrogen) atoms. The minimum Gasteiger partial charge on any atom is -0.462 e. The van der Waals surface area contributed by atoms with Crippen LogP contribution in [0.4, 0.5) is 0 Å². The minimum absolute atomic E-state index is 0.214. The fraction of sp³-hybridized carbons (Fsp3) is 0.886. The Morgan fingerprint density at radius 3 is 1.41 bits per heavy atom. The molecule has 0 aromatic rings. The summed E-state index contributed by atoms with van der Waals surface area (Å²) in [6.45, 7) is 5.18. The highest BCUT2D eigenvalue weighted by molar-refractivity contribution is 7.46. The maximum atomic E-state index is 12.3. The van der Waals surface area contributed by atoms with Gasteiger partial charge in [-0.1, -0.05) is 148 Å². The van der Waals surface area contributed by atoms with Gasteiger partial charge in [-0.2, -0.15) is 0 Å². The first kappa shape index (κ1) is 42.8. The molecule has 0 aliphatic heterocycles. The number of phosphoric acid groups is 1. The van der Waals surface area contributed by atoms with E-state index in [2.05, 4.69) is 18.0 Å². The van der Waals surface area contributed by atoms with E-state index in [9.17, 15) is 14.2 Å². The van der Waals surface area contributed by atoms with Crippen LogP contribution < -0.4 is 0 Å². The van der Waals surface area contributed by atoms with Gasteiger partial charge in [-0.3, -0.25) is 14.1 Å². The SMILES string of the molecule is C=CCCCCCCCCCCCCCCCC(=O)O[C@H](COC(=O)CCCCCCCCCCCCC)COP(=O)(O)O. The highest BCUT2D eigenvalue weighted by Crippen LogP contribution is 2.36. The van der Waals surface area contributed by atoms with Crippen molar-refractivity contribution in [3.05, 3.63) is 12.7 Å². The number of phosphoric ester groups is 1. The van der Waals surface area contributed by atoms with Crippen LogP contribution in [0.3, 0.4) is 0 Å². The van der Waals surface area contributed by atoms with Gasteiger partial charge in [-0.05, 0) is 25.7 Å². The topological polar surface area (TPSA) is 119 Å². The van der Waals surface area contributed by atoms with Crippen LogP contribution in [-0.2, 0) is 28.2 Å². The summed E-state index contributed by atoms with van der Waals surface area (Å²) in [4.78, 5) is 42.6. The van der Waals surface area contributed by atoms with E-state index in [-0.39, 0.29) is 19.4 Å². The van der Waals surface area contributed by atoms with E-state index in [1.807, 2.05) is 6.08 Å². The molecule has 0 heterocycles. The van der Waals surface area contributed by atoms with Gasteiger partial charge in [0, 0.05) is 12.8 Å². The van der Waals surface area contributed by atoms with Crippen LogP contribution >= 0.6 is 7.82 Å². The highest BCUT2D eigenvalue weighted by atomic mass is 31.2. The Morgan fingerprint density at radius 1 is 0.614 bits per heavy atom. The van der Waals surface area contributed by atoms with Crippen molar-refractivity contribution in [2.24, 2.45) is 0 Å². The molecule has 0 saturated carbocycles. The molecule has 0 aromatic carbocycles.